The Morgan fingerprint density at radius 3 is 2.44 bits per heavy atom. The standard InChI is InChI=1S/C10H16O4.C2H6/c1-3-14-6(2)7-4-8(11)10(13)9(12)5-7;1-2/h4,8-13H,2-3,5H2,1H3;1-2H3. The summed E-state index contributed by atoms with van der Waals surface area (Å²) in [5.41, 5.74) is 0.650. The smallest absolute Gasteiger partial charge is 0.115 e. The lowest BCUT2D eigenvalue weighted by Crippen LogP contribution is -2.40. The predicted molar refractivity (Wildman–Crippen MR) is 62.8 cm³/mol. The molecule has 0 aromatic heterocycles. The summed E-state index contributed by atoms with van der Waals surface area (Å²) >= 11 is 0. The van der Waals surface area contributed by atoms with E-state index < -0.39 is 18.3 Å². The third-order valence-electron chi connectivity index (χ3n) is 2.22. The molecule has 16 heavy (non-hydrogen) atoms. The Hall–Kier alpha value is -0.840. The second-order valence-corrected chi connectivity index (χ2v) is 3.30. The van der Waals surface area contributed by atoms with Crippen molar-refractivity contribution in [2.24, 2.45) is 0 Å². The van der Waals surface area contributed by atoms with E-state index in [1.165, 1.54) is 6.08 Å². The van der Waals surface area contributed by atoms with Gasteiger partial charge in [0.05, 0.1) is 12.7 Å². The Bertz CT molecular complexity index is 247. The molecule has 0 amide bonds. The second-order valence-electron chi connectivity index (χ2n) is 3.30. The van der Waals surface area contributed by atoms with Crippen LogP contribution < -0.4 is 0 Å². The average molecular weight is 230 g/mol. The van der Waals surface area contributed by atoms with Gasteiger partial charge in [-0.25, -0.2) is 0 Å². The van der Waals surface area contributed by atoms with Crippen molar-refractivity contribution in [3.8, 4) is 0 Å². The first kappa shape index (κ1) is 15.2. The van der Waals surface area contributed by atoms with Gasteiger partial charge in [-0.15, -0.1) is 0 Å². The summed E-state index contributed by atoms with van der Waals surface area (Å²) < 4.78 is 5.15. The number of ether oxygens (including phenoxy) is 1. The number of aliphatic hydroxyl groups is 3. The summed E-state index contributed by atoms with van der Waals surface area (Å²) in [6.45, 7) is 9.99. The van der Waals surface area contributed by atoms with E-state index in [0.717, 1.165) is 0 Å². The first-order valence-electron chi connectivity index (χ1n) is 5.63. The average Bonchev–Trinajstić information content (AvgIpc) is 2.28. The van der Waals surface area contributed by atoms with Crippen LogP contribution >= 0.6 is 0 Å². The molecule has 0 aromatic rings. The van der Waals surface area contributed by atoms with E-state index in [9.17, 15) is 15.3 Å². The van der Waals surface area contributed by atoms with Gasteiger partial charge in [-0.2, -0.15) is 0 Å². The molecular weight excluding hydrogens is 208 g/mol. The van der Waals surface area contributed by atoms with Gasteiger partial charge in [0.2, 0.25) is 0 Å². The Labute approximate surface area is 96.9 Å². The van der Waals surface area contributed by atoms with Gasteiger partial charge in [0.1, 0.15) is 18.0 Å². The van der Waals surface area contributed by atoms with Crippen molar-refractivity contribution in [3.05, 3.63) is 24.0 Å². The van der Waals surface area contributed by atoms with E-state index in [1.54, 1.807) is 0 Å². The molecule has 0 bridgehead atoms. The lowest BCUT2D eigenvalue weighted by atomic mass is 9.91. The molecule has 1 aliphatic carbocycles. The van der Waals surface area contributed by atoms with Gasteiger partial charge in [-0.05, 0) is 18.6 Å². The van der Waals surface area contributed by atoms with Crippen LogP contribution in [0.5, 0.6) is 0 Å². The predicted octanol–water partition coefficient (Wildman–Crippen LogP) is 0.976. The van der Waals surface area contributed by atoms with Crippen molar-refractivity contribution in [1.29, 1.82) is 0 Å². The fourth-order valence-electron chi connectivity index (χ4n) is 1.42. The normalized spacial score (nSPS) is 28.6. The summed E-state index contributed by atoms with van der Waals surface area (Å²) in [5.74, 6) is 0.442. The second kappa shape index (κ2) is 7.44. The highest BCUT2D eigenvalue weighted by Gasteiger charge is 2.30. The minimum Gasteiger partial charge on any atom is -0.494 e. The molecule has 3 atom stereocenters. The van der Waals surface area contributed by atoms with Crippen molar-refractivity contribution in [3.63, 3.8) is 0 Å². The summed E-state index contributed by atoms with van der Waals surface area (Å²) in [7, 11) is 0. The number of hydrogen-bond donors (Lipinski definition) is 3. The number of rotatable bonds is 3. The zero-order chi connectivity index (χ0) is 12.7. The fourth-order valence-corrected chi connectivity index (χ4v) is 1.42. The minimum absolute atomic E-state index is 0.261. The lowest BCUT2D eigenvalue weighted by molar-refractivity contribution is -0.0480. The van der Waals surface area contributed by atoms with E-state index in [4.69, 9.17) is 4.74 Å². The molecule has 0 saturated carbocycles. The number of hydrogen-bond acceptors (Lipinski definition) is 4. The lowest BCUT2D eigenvalue weighted by Gasteiger charge is -2.28. The molecular formula is C12H22O4. The topological polar surface area (TPSA) is 69.9 Å². The number of allylic oxidation sites excluding steroid dienone is 1. The van der Waals surface area contributed by atoms with Gasteiger partial charge in [0.25, 0.3) is 0 Å². The maximum Gasteiger partial charge on any atom is 0.115 e. The quantitative estimate of drug-likeness (QED) is 0.632. The van der Waals surface area contributed by atoms with Crippen molar-refractivity contribution < 1.29 is 20.1 Å². The Morgan fingerprint density at radius 2 is 2.00 bits per heavy atom. The molecule has 0 aliphatic heterocycles. The zero-order valence-electron chi connectivity index (χ0n) is 10.2. The zero-order valence-corrected chi connectivity index (χ0v) is 10.2. The maximum absolute atomic E-state index is 9.39. The Morgan fingerprint density at radius 1 is 1.44 bits per heavy atom. The Kier molecular flexibility index (Phi) is 7.05. The molecule has 1 aliphatic rings. The van der Waals surface area contributed by atoms with Crippen LogP contribution in [0.1, 0.15) is 27.2 Å². The summed E-state index contributed by atoms with van der Waals surface area (Å²) in [5, 5.41) is 28.0. The highest BCUT2D eigenvalue weighted by molar-refractivity contribution is 5.28. The Balaban J connectivity index is 0.00000106. The van der Waals surface area contributed by atoms with Crippen LogP contribution in [0.2, 0.25) is 0 Å². The molecule has 0 spiro atoms. The molecule has 3 unspecified atom stereocenters. The molecule has 0 aromatic carbocycles. The monoisotopic (exact) mass is 230 g/mol. The third-order valence-corrected chi connectivity index (χ3v) is 2.22. The van der Waals surface area contributed by atoms with Crippen LogP contribution in [0.4, 0.5) is 0 Å². The molecule has 0 fully saturated rings. The SMILES string of the molecule is C=C(OCC)C1=CC(O)C(O)C(O)C1.CC. The van der Waals surface area contributed by atoms with Crippen molar-refractivity contribution >= 4 is 0 Å². The first-order chi connectivity index (χ1) is 7.56. The summed E-state index contributed by atoms with van der Waals surface area (Å²) in [6.07, 6.45) is -1.40. The van der Waals surface area contributed by atoms with Gasteiger partial charge in [0.15, 0.2) is 0 Å². The molecule has 4 heteroatoms. The third kappa shape index (κ3) is 3.96. The van der Waals surface area contributed by atoms with E-state index >= 15 is 0 Å². The largest absolute Gasteiger partial charge is 0.494 e. The number of aliphatic hydroxyl groups excluding tert-OH is 3. The van der Waals surface area contributed by atoms with Crippen molar-refractivity contribution in [2.75, 3.05) is 6.61 Å². The van der Waals surface area contributed by atoms with Crippen LogP contribution in [0.3, 0.4) is 0 Å². The van der Waals surface area contributed by atoms with Crippen LogP contribution in [-0.4, -0.2) is 40.2 Å². The molecule has 0 radical (unpaired) electrons. The van der Waals surface area contributed by atoms with Gasteiger partial charge in [-0.1, -0.05) is 20.4 Å². The first-order valence-corrected chi connectivity index (χ1v) is 5.63. The summed E-state index contributed by atoms with van der Waals surface area (Å²) in [6, 6.07) is 0. The van der Waals surface area contributed by atoms with Crippen LogP contribution in [0.25, 0.3) is 0 Å². The van der Waals surface area contributed by atoms with E-state index in [2.05, 4.69) is 6.58 Å². The highest BCUT2D eigenvalue weighted by Crippen LogP contribution is 2.24. The van der Waals surface area contributed by atoms with Crippen LogP contribution in [0, 0.1) is 0 Å². The fraction of sp³-hybridized carbons (Fsp3) is 0.667. The molecule has 94 valence electrons. The molecule has 0 saturated heterocycles. The maximum atomic E-state index is 9.39. The van der Waals surface area contributed by atoms with Gasteiger partial charge < -0.3 is 20.1 Å². The van der Waals surface area contributed by atoms with Gasteiger partial charge in [-0.3, -0.25) is 0 Å². The van der Waals surface area contributed by atoms with Gasteiger partial charge >= 0.3 is 0 Å². The van der Waals surface area contributed by atoms with Gasteiger partial charge in [0, 0.05) is 6.42 Å². The molecule has 4 nitrogen and oxygen atoms in total. The minimum atomic E-state index is -1.12. The van der Waals surface area contributed by atoms with Crippen molar-refractivity contribution in [1.82, 2.24) is 0 Å². The molecule has 3 N–H and O–H groups in total. The van der Waals surface area contributed by atoms with E-state index in [1.807, 2.05) is 20.8 Å². The van der Waals surface area contributed by atoms with Crippen molar-refractivity contribution in [2.45, 2.75) is 45.5 Å². The van der Waals surface area contributed by atoms with E-state index in [0.29, 0.717) is 17.9 Å². The van der Waals surface area contributed by atoms with E-state index in [-0.39, 0.29) is 6.42 Å². The highest BCUT2D eigenvalue weighted by atomic mass is 16.5. The molecule has 1 rings (SSSR count). The summed E-state index contributed by atoms with van der Waals surface area (Å²) in [4.78, 5) is 0. The van der Waals surface area contributed by atoms with Crippen LogP contribution in [0.15, 0.2) is 24.0 Å². The molecule has 0 heterocycles. The van der Waals surface area contributed by atoms with Crippen LogP contribution in [-0.2, 0) is 4.74 Å².